The highest BCUT2D eigenvalue weighted by Crippen LogP contribution is 2.49. The summed E-state index contributed by atoms with van der Waals surface area (Å²) in [6, 6.07) is 14.7. The van der Waals surface area contributed by atoms with E-state index < -0.39 is 40.6 Å². The van der Waals surface area contributed by atoms with E-state index in [-0.39, 0.29) is 22.1 Å². The third-order valence-electron chi connectivity index (χ3n) is 5.78. The van der Waals surface area contributed by atoms with E-state index in [0.717, 1.165) is 11.0 Å². The quantitative estimate of drug-likeness (QED) is 0.280. The summed E-state index contributed by atoms with van der Waals surface area (Å²) in [5.74, 6) is -3.25. The second-order valence-electron chi connectivity index (χ2n) is 7.73. The maximum Gasteiger partial charge on any atom is 0.271 e. The van der Waals surface area contributed by atoms with Gasteiger partial charge in [-0.15, -0.1) is 0 Å². The minimum absolute atomic E-state index is 0.182. The van der Waals surface area contributed by atoms with Crippen LogP contribution >= 0.6 is 23.2 Å². The van der Waals surface area contributed by atoms with Crippen molar-refractivity contribution in [3.05, 3.63) is 98.3 Å². The van der Waals surface area contributed by atoms with Crippen molar-refractivity contribution in [1.82, 2.24) is 0 Å². The number of hydrogen-bond donors (Lipinski definition) is 0. The number of benzene rings is 3. The molecular weight excluding hydrogens is 488 g/mol. The summed E-state index contributed by atoms with van der Waals surface area (Å²) < 4.78 is 14.5. The molecule has 2 aliphatic rings. The normalized spacial score (nSPS) is 21.8. The van der Waals surface area contributed by atoms with Gasteiger partial charge in [-0.2, -0.15) is 0 Å². The van der Waals surface area contributed by atoms with Crippen LogP contribution < -0.4 is 9.96 Å². The van der Waals surface area contributed by atoms with Crippen LogP contribution in [0.3, 0.4) is 0 Å². The van der Waals surface area contributed by atoms with E-state index >= 15 is 0 Å². The first-order chi connectivity index (χ1) is 16.3. The van der Waals surface area contributed by atoms with E-state index in [0.29, 0.717) is 10.6 Å². The lowest BCUT2D eigenvalue weighted by Crippen LogP contribution is -2.38. The third kappa shape index (κ3) is 3.49. The lowest BCUT2D eigenvalue weighted by Gasteiger charge is -2.29. The van der Waals surface area contributed by atoms with Gasteiger partial charge in [0.2, 0.25) is 5.91 Å². The van der Waals surface area contributed by atoms with Crippen LogP contribution in [0.15, 0.2) is 66.7 Å². The summed E-state index contributed by atoms with van der Waals surface area (Å²) in [5.41, 5.74) is 0.280. The Kier molecular flexibility index (Phi) is 5.47. The maximum absolute atomic E-state index is 14.5. The van der Waals surface area contributed by atoms with Crippen molar-refractivity contribution in [2.24, 2.45) is 5.92 Å². The smallest absolute Gasteiger partial charge is 0.271 e. The fourth-order valence-electron chi connectivity index (χ4n) is 4.31. The number of para-hydroxylation sites is 1. The Balaban J connectivity index is 1.64. The highest BCUT2D eigenvalue weighted by Gasteiger charge is 2.61. The molecule has 0 bridgehead atoms. The number of fused-ring (bicyclic) bond motifs is 1. The number of nitro benzene ring substituents is 1. The van der Waals surface area contributed by atoms with Gasteiger partial charge in [0, 0.05) is 22.2 Å². The number of carbonyl (C=O) groups is 2. The molecule has 2 amide bonds. The largest absolute Gasteiger partial charge is 0.273 e. The molecular formula is C23H14Cl2FN3O5. The molecule has 172 valence electrons. The molecule has 3 aromatic carbocycles. The second-order valence-corrected chi connectivity index (χ2v) is 8.57. The zero-order valence-electron chi connectivity index (χ0n) is 17.1. The lowest BCUT2D eigenvalue weighted by molar-refractivity contribution is -0.384. The fraction of sp³-hybridized carbons (Fsp3) is 0.130. The Labute approximate surface area is 202 Å². The van der Waals surface area contributed by atoms with Crippen molar-refractivity contribution in [3.63, 3.8) is 0 Å². The Morgan fingerprint density at radius 2 is 1.74 bits per heavy atom. The molecule has 2 heterocycles. The third-order valence-corrected chi connectivity index (χ3v) is 6.35. The van der Waals surface area contributed by atoms with Crippen LogP contribution in [-0.2, 0) is 14.4 Å². The van der Waals surface area contributed by atoms with E-state index in [4.69, 9.17) is 28.0 Å². The van der Waals surface area contributed by atoms with Gasteiger partial charge >= 0.3 is 0 Å². The monoisotopic (exact) mass is 501 g/mol. The van der Waals surface area contributed by atoms with Crippen LogP contribution in [-0.4, -0.2) is 22.8 Å². The predicted octanol–water partition coefficient (Wildman–Crippen LogP) is 5.09. The first-order valence-corrected chi connectivity index (χ1v) is 10.8. The summed E-state index contributed by atoms with van der Waals surface area (Å²) >= 11 is 12.5. The standard InChI is InChI=1S/C23H14Cl2FN3O5/c24-12-8-9-15(16(25)10-12)20-19-21(34-28(20)13-4-3-5-14(11-13)29(32)33)23(31)27(22(19)30)18-7-2-1-6-17(18)26/h1-11,19-21H/t19-,20+,21+/m0/s1. The molecule has 5 rings (SSSR count). The van der Waals surface area contributed by atoms with E-state index in [1.807, 2.05) is 0 Å². The first-order valence-electron chi connectivity index (χ1n) is 10.1. The van der Waals surface area contributed by atoms with Crippen LogP contribution in [0.4, 0.5) is 21.5 Å². The molecule has 0 aliphatic carbocycles. The molecule has 0 saturated carbocycles. The highest BCUT2D eigenvalue weighted by atomic mass is 35.5. The number of carbonyl (C=O) groups excluding carboxylic acids is 2. The van der Waals surface area contributed by atoms with Gasteiger partial charge in [-0.1, -0.05) is 47.5 Å². The molecule has 3 aromatic rings. The molecule has 0 radical (unpaired) electrons. The van der Waals surface area contributed by atoms with E-state index in [1.165, 1.54) is 47.5 Å². The van der Waals surface area contributed by atoms with Crippen molar-refractivity contribution < 1.29 is 23.7 Å². The predicted molar refractivity (Wildman–Crippen MR) is 122 cm³/mol. The number of non-ortho nitro benzene ring substituents is 1. The molecule has 0 N–H and O–H groups in total. The van der Waals surface area contributed by atoms with Gasteiger partial charge in [0.1, 0.15) is 11.7 Å². The average Bonchev–Trinajstić information content (AvgIpc) is 3.31. The lowest BCUT2D eigenvalue weighted by atomic mass is 9.90. The van der Waals surface area contributed by atoms with E-state index in [9.17, 15) is 24.1 Å². The van der Waals surface area contributed by atoms with Gasteiger partial charge in [-0.25, -0.2) is 14.4 Å². The van der Waals surface area contributed by atoms with Gasteiger partial charge in [-0.05, 0) is 35.9 Å². The number of nitro groups is 1. The molecule has 2 fully saturated rings. The molecule has 0 aromatic heterocycles. The Hall–Kier alpha value is -3.53. The zero-order valence-corrected chi connectivity index (χ0v) is 18.6. The molecule has 8 nitrogen and oxygen atoms in total. The number of hydrogen-bond acceptors (Lipinski definition) is 6. The highest BCUT2D eigenvalue weighted by molar-refractivity contribution is 6.35. The molecule has 3 atom stereocenters. The summed E-state index contributed by atoms with van der Waals surface area (Å²) in [6.45, 7) is 0. The van der Waals surface area contributed by atoms with Crippen LogP contribution in [0.5, 0.6) is 0 Å². The van der Waals surface area contributed by atoms with E-state index in [2.05, 4.69) is 0 Å². The number of nitrogens with zero attached hydrogens (tertiary/aromatic N) is 3. The fourth-order valence-corrected chi connectivity index (χ4v) is 4.83. The first kappa shape index (κ1) is 22.3. The van der Waals surface area contributed by atoms with Crippen molar-refractivity contribution in [2.75, 3.05) is 9.96 Å². The minimum atomic E-state index is -1.29. The van der Waals surface area contributed by atoms with Crippen LogP contribution in [0.2, 0.25) is 10.0 Å². The van der Waals surface area contributed by atoms with Crippen molar-refractivity contribution in [1.29, 1.82) is 0 Å². The summed E-state index contributed by atoms with van der Waals surface area (Å²) in [6.07, 6.45) is -1.29. The molecule has 2 saturated heterocycles. The van der Waals surface area contributed by atoms with Gasteiger partial charge in [-0.3, -0.25) is 24.5 Å². The van der Waals surface area contributed by atoms with E-state index in [1.54, 1.807) is 18.2 Å². The SMILES string of the molecule is O=C1[C@H]2[C@@H](c3ccc(Cl)cc3Cl)N(c3cccc([N+](=O)[O-])c3)O[C@H]2C(=O)N1c1ccccc1F. The Morgan fingerprint density at radius 3 is 2.44 bits per heavy atom. The topological polar surface area (TPSA) is 93.0 Å². The minimum Gasteiger partial charge on any atom is -0.273 e. The van der Waals surface area contributed by atoms with Gasteiger partial charge < -0.3 is 0 Å². The van der Waals surface area contributed by atoms with Gasteiger partial charge in [0.05, 0.1) is 22.3 Å². The van der Waals surface area contributed by atoms with Crippen molar-refractivity contribution in [2.45, 2.75) is 12.1 Å². The molecule has 11 heteroatoms. The van der Waals surface area contributed by atoms with Crippen LogP contribution in [0, 0.1) is 21.8 Å². The number of halogens is 3. The molecule has 0 spiro atoms. The summed E-state index contributed by atoms with van der Waals surface area (Å²) in [5, 5.41) is 13.1. The summed E-state index contributed by atoms with van der Waals surface area (Å²) in [7, 11) is 0. The number of amides is 2. The molecule has 34 heavy (non-hydrogen) atoms. The number of imide groups is 1. The maximum atomic E-state index is 14.5. The number of rotatable bonds is 4. The Morgan fingerprint density at radius 1 is 0.971 bits per heavy atom. The van der Waals surface area contributed by atoms with Crippen molar-refractivity contribution >= 4 is 52.1 Å². The Bertz CT molecular complexity index is 1350. The van der Waals surface area contributed by atoms with Crippen LogP contribution in [0.1, 0.15) is 11.6 Å². The molecule has 0 unspecified atom stereocenters. The summed E-state index contributed by atoms with van der Waals surface area (Å²) in [4.78, 5) is 44.2. The molecule has 2 aliphatic heterocycles. The zero-order chi connectivity index (χ0) is 24.1. The van der Waals surface area contributed by atoms with Gasteiger partial charge in [0.25, 0.3) is 11.6 Å². The number of anilines is 2. The van der Waals surface area contributed by atoms with Crippen molar-refractivity contribution in [3.8, 4) is 0 Å². The van der Waals surface area contributed by atoms with Gasteiger partial charge in [0.15, 0.2) is 6.10 Å². The van der Waals surface area contributed by atoms with Crippen LogP contribution in [0.25, 0.3) is 0 Å². The average molecular weight is 502 g/mol. The second kappa shape index (κ2) is 8.35. The number of hydroxylamine groups is 1.